The fraction of sp³-hybridized carbons (Fsp3) is 0.467. The van der Waals surface area contributed by atoms with Crippen LogP contribution in [0.3, 0.4) is 0 Å². The van der Waals surface area contributed by atoms with Crippen LogP contribution in [0.1, 0.15) is 30.1 Å². The van der Waals surface area contributed by atoms with E-state index in [-0.39, 0.29) is 11.5 Å². The Balaban J connectivity index is 2.08. The molecule has 1 atom stereocenters. The highest BCUT2D eigenvalue weighted by Crippen LogP contribution is 2.44. The van der Waals surface area contributed by atoms with Crippen LogP contribution in [0.5, 0.6) is 0 Å². The fourth-order valence-corrected chi connectivity index (χ4v) is 3.79. The van der Waals surface area contributed by atoms with Gasteiger partial charge in [-0.2, -0.15) is 0 Å². The molecule has 112 valence electrons. The van der Waals surface area contributed by atoms with Crippen molar-refractivity contribution in [2.45, 2.75) is 24.3 Å². The number of nitrogens with zero attached hydrogens (tertiary/aromatic N) is 3. The van der Waals surface area contributed by atoms with Crippen LogP contribution in [-0.2, 0) is 17.2 Å². The van der Waals surface area contributed by atoms with Crippen LogP contribution in [0, 0.1) is 0 Å². The minimum Gasteiger partial charge on any atom is -0.381 e. The van der Waals surface area contributed by atoms with Gasteiger partial charge in [-0.3, -0.25) is 0 Å². The van der Waals surface area contributed by atoms with Crippen LogP contribution in [0.2, 0.25) is 0 Å². The normalized spacial score (nSPS) is 19.4. The van der Waals surface area contributed by atoms with Crippen LogP contribution in [0.4, 0.5) is 0 Å². The minimum atomic E-state index is -0.182. The van der Waals surface area contributed by atoms with Gasteiger partial charge in [0.15, 0.2) is 4.60 Å². The monoisotopic (exact) mass is 350 g/mol. The van der Waals surface area contributed by atoms with Crippen molar-refractivity contribution in [3.05, 3.63) is 46.2 Å². The number of benzene rings is 1. The summed E-state index contributed by atoms with van der Waals surface area (Å²) in [5.74, 6) is 0. The molecule has 0 saturated carbocycles. The van der Waals surface area contributed by atoms with E-state index in [1.165, 1.54) is 5.56 Å². The summed E-state index contributed by atoms with van der Waals surface area (Å²) >= 11 is 3.48. The SMILES string of the molecule is Cn1nnc(Br)c1C(N)C1(c2ccccc2)CCOCC1. The summed E-state index contributed by atoms with van der Waals surface area (Å²) in [7, 11) is 1.88. The van der Waals surface area contributed by atoms with Crippen molar-refractivity contribution in [2.24, 2.45) is 12.8 Å². The van der Waals surface area contributed by atoms with E-state index in [1.54, 1.807) is 4.68 Å². The standard InChI is InChI=1S/C15H19BrN4O/c1-20-12(14(16)18-19-20)13(17)15(7-9-21-10-8-15)11-5-3-2-4-6-11/h2-6,13H,7-10,17H2,1H3. The molecule has 2 heterocycles. The molecule has 0 spiro atoms. The second kappa shape index (κ2) is 5.87. The van der Waals surface area contributed by atoms with Gasteiger partial charge < -0.3 is 10.5 Å². The van der Waals surface area contributed by atoms with E-state index < -0.39 is 0 Å². The first kappa shape index (κ1) is 14.7. The van der Waals surface area contributed by atoms with E-state index in [0.717, 1.165) is 36.4 Å². The summed E-state index contributed by atoms with van der Waals surface area (Å²) in [6, 6.07) is 10.3. The quantitative estimate of drug-likeness (QED) is 0.922. The number of halogens is 1. The van der Waals surface area contributed by atoms with E-state index in [0.29, 0.717) is 0 Å². The predicted molar refractivity (Wildman–Crippen MR) is 83.8 cm³/mol. The van der Waals surface area contributed by atoms with Crippen molar-refractivity contribution < 1.29 is 4.74 Å². The smallest absolute Gasteiger partial charge is 0.153 e. The molecule has 1 aromatic carbocycles. The van der Waals surface area contributed by atoms with Crippen LogP contribution in [0.15, 0.2) is 34.9 Å². The molecule has 1 unspecified atom stereocenters. The van der Waals surface area contributed by atoms with Gasteiger partial charge in [0.1, 0.15) is 0 Å². The molecule has 0 radical (unpaired) electrons. The zero-order valence-corrected chi connectivity index (χ0v) is 13.6. The predicted octanol–water partition coefficient (Wildman–Crippen LogP) is 2.33. The van der Waals surface area contributed by atoms with E-state index in [1.807, 2.05) is 13.1 Å². The number of aryl methyl sites for hydroxylation is 1. The maximum absolute atomic E-state index is 6.70. The van der Waals surface area contributed by atoms with Crippen LogP contribution < -0.4 is 5.73 Å². The van der Waals surface area contributed by atoms with Crippen LogP contribution in [-0.4, -0.2) is 28.2 Å². The zero-order valence-electron chi connectivity index (χ0n) is 12.0. The maximum atomic E-state index is 6.70. The third-order valence-electron chi connectivity index (χ3n) is 4.45. The molecule has 1 saturated heterocycles. The second-order valence-electron chi connectivity index (χ2n) is 5.50. The van der Waals surface area contributed by atoms with Gasteiger partial charge in [0, 0.05) is 25.7 Å². The lowest BCUT2D eigenvalue weighted by atomic mass is 9.68. The van der Waals surface area contributed by atoms with Crippen molar-refractivity contribution in [1.29, 1.82) is 0 Å². The first-order valence-electron chi connectivity index (χ1n) is 7.09. The maximum Gasteiger partial charge on any atom is 0.153 e. The van der Waals surface area contributed by atoms with Gasteiger partial charge in [-0.05, 0) is 34.3 Å². The van der Waals surface area contributed by atoms with Gasteiger partial charge in [0.25, 0.3) is 0 Å². The number of hydrogen-bond acceptors (Lipinski definition) is 4. The van der Waals surface area contributed by atoms with Crippen molar-refractivity contribution in [1.82, 2.24) is 15.0 Å². The number of nitrogens with two attached hydrogens (primary N) is 1. The van der Waals surface area contributed by atoms with E-state index in [9.17, 15) is 0 Å². The number of ether oxygens (including phenoxy) is 1. The van der Waals surface area contributed by atoms with Gasteiger partial charge in [-0.15, -0.1) is 5.10 Å². The Morgan fingerprint density at radius 1 is 1.29 bits per heavy atom. The summed E-state index contributed by atoms with van der Waals surface area (Å²) in [5, 5.41) is 8.14. The molecule has 6 heteroatoms. The highest BCUT2D eigenvalue weighted by Gasteiger charge is 2.42. The Morgan fingerprint density at radius 2 is 1.95 bits per heavy atom. The molecule has 0 amide bonds. The summed E-state index contributed by atoms with van der Waals surface area (Å²) in [6.45, 7) is 1.46. The summed E-state index contributed by atoms with van der Waals surface area (Å²) < 4.78 is 8.05. The highest BCUT2D eigenvalue weighted by atomic mass is 79.9. The Morgan fingerprint density at radius 3 is 2.52 bits per heavy atom. The van der Waals surface area contributed by atoms with Crippen molar-refractivity contribution in [2.75, 3.05) is 13.2 Å². The fourth-order valence-electron chi connectivity index (χ4n) is 3.22. The molecule has 1 aliphatic rings. The lowest BCUT2D eigenvalue weighted by Crippen LogP contribution is -2.44. The molecule has 2 aromatic rings. The first-order chi connectivity index (χ1) is 10.1. The largest absolute Gasteiger partial charge is 0.381 e. The summed E-state index contributed by atoms with van der Waals surface area (Å²) in [6.07, 6.45) is 1.80. The van der Waals surface area contributed by atoms with Gasteiger partial charge >= 0.3 is 0 Å². The summed E-state index contributed by atoms with van der Waals surface area (Å²) in [4.78, 5) is 0. The van der Waals surface area contributed by atoms with Crippen molar-refractivity contribution in [3.8, 4) is 0 Å². The van der Waals surface area contributed by atoms with Crippen molar-refractivity contribution >= 4 is 15.9 Å². The Labute approximate surface area is 132 Å². The molecule has 2 N–H and O–H groups in total. The molecule has 3 rings (SSSR count). The van der Waals surface area contributed by atoms with Gasteiger partial charge in [-0.1, -0.05) is 35.5 Å². The lowest BCUT2D eigenvalue weighted by molar-refractivity contribution is 0.0386. The van der Waals surface area contributed by atoms with Crippen molar-refractivity contribution in [3.63, 3.8) is 0 Å². The Hall–Kier alpha value is -1.24. The molecule has 1 fully saturated rings. The molecule has 1 aliphatic heterocycles. The van der Waals surface area contributed by atoms with Crippen LogP contribution >= 0.6 is 15.9 Å². The van der Waals surface area contributed by atoms with Crippen LogP contribution in [0.25, 0.3) is 0 Å². The third kappa shape index (κ3) is 2.52. The molecule has 21 heavy (non-hydrogen) atoms. The average Bonchev–Trinajstić information content (AvgIpc) is 2.87. The molecular formula is C15H19BrN4O. The Kier molecular flexibility index (Phi) is 4.10. The third-order valence-corrected chi connectivity index (χ3v) is 5.02. The van der Waals surface area contributed by atoms with Gasteiger partial charge in [0.2, 0.25) is 0 Å². The van der Waals surface area contributed by atoms with E-state index in [2.05, 4.69) is 50.5 Å². The highest BCUT2D eigenvalue weighted by molar-refractivity contribution is 9.10. The molecular weight excluding hydrogens is 332 g/mol. The second-order valence-corrected chi connectivity index (χ2v) is 6.25. The minimum absolute atomic E-state index is 0.141. The average molecular weight is 351 g/mol. The van der Waals surface area contributed by atoms with E-state index >= 15 is 0 Å². The number of hydrogen-bond donors (Lipinski definition) is 1. The molecule has 1 aromatic heterocycles. The lowest BCUT2D eigenvalue weighted by Gasteiger charge is -2.42. The molecule has 5 nitrogen and oxygen atoms in total. The molecule has 0 aliphatic carbocycles. The zero-order chi connectivity index (χ0) is 14.9. The first-order valence-corrected chi connectivity index (χ1v) is 7.88. The topological polar surface area (TPSA) is 66.0 Å². The number of aromatic nitrogens is 3. The number of rotatable bonds is 3. The van der Waals surface area contributed by atoms with Gasteiger partial charge in [-0.25, -0.2) is 4.68 Å². The van der Waals surface area contributed by atoms with Gasteiger partial charge in [0.05, 0.1) is 11.7 Å². The Bertz CT molecular complexity index is 588. The van der Waals surface area contributed by atoms with E-state index in [4.69, 9.17) is 10.5 Å². The molecule has 0 bridgehead atoms. The summed E-state index contributed by atoms with van der Waals surface area (Å²) in [5.41, 5.74) is 8.74.